The Balaban J connectivity index is 2.07. The molecule has 8 heteroatoms. The zero-order valence-corrected chi connectivity index (χ0v) is 13.4. The van der Waals surface area contributed by atoms with Crippen LogP contribution in [0.2, 0.25) is 0 Å². The molecule has 2 amide bonds. The molecule has 0 bridgehead atoms. The van der Waals surface area contributed by atoms with Crippen molar-refractivity contribution in [2.45, 2.75) is 25.3 Å². The van der Waals surface area contributed by atoms with Crippen molar-refractivity contribution in [1.29, 1.82) is 0 Å². The van der Waals surface area contributed by atoms with Gasteiger partial charge >= 0.3 is 6.03 Å². The molecule has 1 aromatic heterocycles. The highest BCUT2D eigenvalue weighted by atomic mass is 32.2. The van der Waals surface area contributed by atoms with E-state index in [1.54, 1.807) is 18.2 Å². The van der Waals surface area contributed by atoms with E-state index in [0.29, 0.717) is 5.69 Å². The van der Waals surface area contributed by atoms with Crippen molar-refractivity contribution in [1.82, 2.24) is 19.8 Å². The highest BCUT2D eigenvalue weighted by Crippen LogP contribution is 2.11. The lowest BCUT2D eigenvalue weighted by atomic mass is 10.2. The van der Waals surface area contributed by atoms with Gasteiger partial charge in [0.15, 0.2) is 0 Å². The van der Waals surface area contributed by atoms with E-state index in [0.717, 1.165) is 11.3 Å². The first kappa shape index (κ1) is 16.0. The van der Waals surface area contributed by atoms with Gasteiger partial charge in [0.05, 0.1) is 17.1 Å². The van der Waals surface area contributed by atoms with E-state index in [4.69, 9.17) is 0 Å². The number of benzene rings is 1. The third-order valence-electron chi connectivity index (χ3n) is 3.36. The Morgan fingerprint density at radius 3 is 2.45 bits per heavy atom. The van der Waals surface area contributed by atoms with Crippen LogP contribution < -0.4 is 4.72 Å². The quantitative estimate of drug-likeness (QED) is 0.893. The average molecular weight is 322 g/mol. The Bertz CT molecular complexity index is 769. The first-order valence-corrected chi connectivity index (χ1v) is 8.13. The van der Waals surface area contributed by atoms with Crippen LogP contribution in [0.4, 0.5) is 4.79 Å². The number of nitrogens with one attached hydrogen (secondary N) is 2. The average Bonchev–Trinajstić information content (AvgIpc) is 2.79. The van der Waals surface area contributed by atoms with Crippen LogP contribution in [-0.2, 0) is 16.6 Å². The number of aryl methyl sites for hydroxylation is 1. The molecule has 22 heavy (non-hydrogen) atoms. The maximum Gasteiger partial charge on any atom is 0.331 e. The molecule has 0 aliphatic rings. The SMILES string of the molecule is Cc1[nH]nc(CN(C)C(=O)NS(=O)(=O)c2ccccc2)c1C. The number of rotatable bonds is 4. The first-order chi connectivity index (χ1) is 10.3. The van der Waals surface area contributed by atoms with Gasteiger partial charge in [-0.15, -0.1) is 0 Å². The Morgan fingerprint density at radius 1 is 1.27 bits per heavy atom. The highest BCUT2D eigenvalue weighted by Gasteiger charge is 2.20. The molecule has 0 atom stereocenters. The molecular formula is C14H18N4O3S. The Kier molecular flexibility index (Phi) is 4.51. The van der Waals surface area contributed by atoms with Crippen LogP contribution in [0.5, 0.6) is 0 Å². The number of hydrogen-bond donors (Lipinski definition) is 2. The topological polar surface area (TPSA) is 95.2 Å². The van der Waals surface area contributed by atoms with Crippen LogP contribution >= 0.6 is 0 Å². The normalized spacial score (nSPS) is 11.2. The van der Waals surface area contributed by atoms with E-state index in [1.165, 1.54) is 24.1 Å². The summed E-state index contributed by atoms with van der Waals surface area (Å²) in [6.07, 6.45) is 0. The van der Waals surface area contributed by atoms with Crippen molar-refractivity contribution in [3.8, 4) is 0 Å². The van der Waals surface area contributed by atoms with E-state index in [1.807, 2.05) is 18.6 Å². The largest absolute Gasteiger partial charge is 0.331 e. The molecule has 0 saturated heterocycles. The second-order valence-corrected chi connectivity index (χ2v) is 6.68. The number of sulfonamides is 1. The van der Waals surface area contributed by atoms with Crippen molar-refractivity contribution in [3.63, 3.8) is 0 Å². The van der Waals surface area contributed by atoms with E-state index in [2.05, 4.69) is 10.2 Å². The fraction of sp³-hybridized carbons (Fsp3) is 0.286. The predicted octanol–water partition coefficient (Wildman–Crippen LogP) is 1.56. The smallest absolute Gasteiger partial charge is 0.321 e. The van der Waals surface area contributed by atoms with Gasteiger partial charge in [-0.05, 0) is 31.5 Å². The van der Waals surface area contributed by atoms with Crippen LogP contribution in [-0.4, -0.2) is 36.6 Å². The van der Waals surface area contributed by atoms with Gasteiger partial charge in [0.25, 0.3) is 10.0 Å². The number of amides is 2. The number of aromatic nitrogens is 2. The van der Waals surface area contributed by atoms with Gasteiger partial charge in [0, 0.05) is 12.7 Å². The molecule has 2 rings (SSSR count). The van der Waals surface area contributed by atoms with Gasteiger partial charge in [-0.25, -0.2) is 17.9 Å². The molecule has 7 nitrogen and oxygen atoms in total. The molecule has 0 aliphatic carbocycles. The number of nitrogens with zero attached hydrogens (tertiary/aromatic N) is 2. The van der Waals surface area contributed by atoms with E-state index < -0.39 is 16.1 Å². The number of hydrogen-bond acceptors (Lipinski definition) is 4. The maximum atomic E-state index is 12.1. The third-order valence-corrected chi connectivity index (χ3v) is 4.70. The molecule has 1 aromatic carbocycles. The number of H-pyrrole nitrogens is 1. The summed E-state index contributed by atoms with van der Waals surface area (Å²) in [6, 6.07) is 7.05. The van der Waals surface area contributed by atoms with Crippen LogP contribution in [0, 0.1) is 13.8 Å². The van der Waals surface area contributed by atoms with Crippen molar-refractivity contribution < 1.29 is 13.2 Å². The summed E-state index contributed by atoms with van der Waals surface area (Å²) in [7, 11) is -2.36. The molecule has 0 radical (unpaired) electrons. The minimum atomic E-state index is -3.87. The molecule has 1 heterocycles. The molecule has 2 N–H and O–H groups in total. The van der Waals surface area contributed by atoms with Crippen molar-refractivity contribution in [2.24, 2.45) is 0 Å². The van der Waals surface area contributed by atoms with Gasteiger partial charge in [0.2, 0.25) is 0 Å². The lowest BCUT2D eigenvalue weighted by molar-refractivity contribution is 0.212. The zero-order chi connectivity index (χ0) is 16.3. The van der Waals surface area contributed by atoms with E-state index in [9.17, 15) is 13.2 Å². The van der Waals surface area contributed by atoms with Crippen LogP contribution in [0.15, 0.2) is 35.2 Å². The summed E-state index contributed by atoms with van der Waals surface area (Å²) >= 11 is 0. The molecule has 0 spiro atoms. The summed E-state index contributed by atoms with van der Waals surface area (Å²) in [6.45, 7) is 3.98. The van der Waals surface area contributed by atoms with Crippen molar-refractivity contribution >= 4 is 16.1 Å². The first-order valence-electron chi connectivity index (χ1n) is 6.64. The number of urea groups is 1. The molecule has 0 aliphatic heterocycles. The summed E-state index contributed by atoms with van der Waals surface area (Å²) in [5.41, 5.74) is 2.57. The van der Waals surface area contributed by atoms with Crippen molar-refractivity contribution in [3.05, 3.63) is 47.3 Å². The molecule has 0 fully saturated rings. The lowest BCUT2D eigenvalue weighted by Crippen LogP contribution is -2.40. The van der Waals surface area contributed by atoms with Gasteiger partial charge in [-0.1, -0.05) is 18.2 Å². The van der Waals surface area contributed by atoms with Gasteiger partial charge < -0.3 is 4.90 Å². The van der Waals surface area contributed by atoms with Gasteiger partial charge in [0.1, 0.15) is 0 Å². The third kappa shape index (κ3) is 3.45. The lowest BCUT2D eigenvalue weighted by Gasteiger charge is -2.17. The van der Waals surface area contributed by atoms with E-state index in [-0.39, 0.29) is 11.4 Å². The minimum absolute atomic E-state index is 0.0449. The Morgan fingerprint density at radius 2 is 1.91 bits per heavy atom. The number of carbonyl (C=O) groups excluding carboxylic acids is 1. The van der Waals surface area contributed by atoms with Crippen LogP contribution in [0.25, 0.3) is 0 Å². The highest BCUT2D eigenvalue weighted by molar-refractivity contribution is 7.90. The predicted molar refractivity (Wildman–Crippen MR) is 81.7 cm³/mol. The van der Waals surface area contributed by atoms with Crippen LogP contribution in [0.1, 0.15) is 17.0 Å². The number of aromatic amines is 1. The molecule has 0 saturated carbocycles. The molecule has 0 unspecified atom stereocenters. The summed E-state index contributed by atoms with van der Waals surface area (Å²) < 4.78 is 26.2. The fourth-order valence-electron chi connectivity index (χ4n) is 1.84. The molecular weight excluding hydrogens is 304 g/mol. The Labute approximate surface area is 129 Å². The molecule has 2 aromatic rings. The Hall–Kier alpha value is -2.35. The monoisotopic (exact) mass is 322 g/mol. The van der Waals surface area contributed by atoms with Crippen molar-refractivity contribution in [2.75, 3.05) is 7.05 Å². The standard InChI is InChI=1S/C14H18N4O3S/c1-10-11(2)15-16-13(10)9-18(3)14(19)17-22(20,21)12-7-5-4-6-8-12/h4-8H,9H2,1-3H3,(H,15,16)(H,17,19). The fourth-order valence-corrected chi connectivity index (χ4v) is 2.86. The van der Waals surface area contributed by atoms with Crippen LogP contribution in [0.3, 0.4) is 0 Å². The summed E-state index contributed by atoms with van der Waals surface area (Å²) in [5.74, 6) is 0. The second kappa shape index (κ2) is 6.18. The minimum Gasteiger partial charge on any atom is -0.321 e. The van der Waals surface area contributed by atoms with Gasteiger partial charge in [-0.2, -0.15) is 5.10 Å². The van der Waals surface area contributed by atoms with E-state index >= 15 is 0 Å². The molecule has 118 valence electrons. The maximum absolute atomic E-state index is 12.1. The number of carbonyl (C=O) groups is 1. The summed E-state index contributed by atoms with van der Waals surface area (Å²) in [4.78, 5) is 13.4. The zero-order valence-electron chi connectivity index (χ0n) is 12.6. The van der Waals surface area contributed by atoms with Gasteiger partial charge in [-0.3, -0.25) is 5.10 Å². The second-order valence-electron chi connectivity index (χ2n) is 5.00. The summed E-state index contributed by atoms with van der Waals surface area (Å²) in [5, 5.41) is 6.92.